The molecular weight excluding hydrogens is 872 g/mol. The number of rotatable bonds is 12. The van der Waals surface area contributed by atoms with E-state index in [1.54, 1.807) is 0 Å². The first-order chi connectivity index (χ1) is 31.2. The standard InChI is InChI=1S/C46H72O20/c1-18-11-27(63-41(58)23(18)15-60-16-29-33(50)35(52)38(55)42(59)64-29)19(2)24-7-8-25-22-6-5-20-12-21(13-31(48)46(20,4)26(22)9-10-45(24,25)3)62-44-40(57)37(54)34(51)30(66-44)17-61-43-39(56)36(53)32(49)28(14-47)65-43/h5,19,21-22,24-40,42-44,47-57,59H,6-17H2,1-4H3. The van der Waals surface area contributed by atoms with Gasteiger partial charge >= 0.3 is 5.97 Å². The molecule has 66 heavy (non-hydrogen) atoms. The minimum absolute atomic E-state index is 0.0204. The summed E-state index contributed by atoms with van der Waals surface area (Å²) in [6, 6.07) is 0. The Morgan fingerprint density at radius 3 is 2.06 bits per heavy atom. The highest BCUT2D eigenvalue weighted by molar-refractivity contribution is 5.90. The predicted molar refractivity (Wildman–Crippen MR) is 224 cm³/mol. The van der Waals surface area contributed by atoms with Crippen LogP contribution in [0.1, 0.15) is 79.1 Å². The molecule has 4 heterocycles. The van der Waals surface area contributed by atoms with Gasteiger partial charge in [-0.2, -0.15) is 0 Å². The zero-order valence-corrected chi connectivity index (χ0v) is 38.0. The Kier molecular flexibility index (Phi) is 15.2. The maximum Gasteiger partial charge on any atom is 0.336 e. The van der Waals surface area contributed by atoms with Gasteiger partial charge in [-0.1, -0.05) is 38.0 Å². The predicted octanol–water partition coefficient (Wildman–Crippen LogP) is -2.37. The lowest BCUT2D eigenvalue weighted by molar-refractivity contribution is -0.337. The quantitative estimate of drug-likeness (QED) is 0.0719. The minimum Gasteiger partial charge on any atom is -0.458 e. The van der Waals surface area contributed by atoms with Gasteiger partial charge in [0, 0.05) is 18.3 Å². The van der Waals surface area contributed by atoms with Crippen molar-refractivity contribution in [3.8, 4) is 0 Å². The molecule has 8 aliphatic rings. The van der Waals surface area contributed by atoms with Crippen molar-refractivity contribution in [2.75, 3.05) is 26.4 Å². The molecule has 12 N–H and O–H groups in total. The Hall–Kier alpha value is -1.77. The summed E-state index contributed by atoms with van der Waals surface area (Å²) in [7, 11) is 0. The second kappa shape index (κ2) is 19.8. The first-order valence-electron chi connectivity index (χ1n) is 23.7. The van der Waals surface area contributed by atoms with Crippen LogP contribution in [0.2, 0.25) is 0 Å². The fourth-order valence-corrected chi connectivity index (χ4v) is 13.4. The van der Waals surface area contributed by atoms with Crippen LogP contribution in [0.15, 0.2) is 22.8 Å². The zero-order chi connectivity index (χ0) is 47.7. The molecule has 0 bridgehead atoms. The van der Waals surface area contributed by atoms with Crippen molar-refractivity contribution < 1.29 is 99.2 Å². The highest BCUT2D eigenvalue weighted by Gasteiger charge is 2.62. The molecule has 0 spiro atoms. The molecule has 20 nitrogen and oxygen atoms in total. The first-order valence-corrected chi connectivity index (χ1v) is 23.7. The second-order valence-electron chi connectivity index (χ2n) is 20.9. The number of ether oxygens (including phenoxy) is 7. The largest absolute Gasteiger partial charge is 0.458 e. The molecule has 25 atom stereocenters. The number of allylic oxidation sites excluding steroid dienone is 1. The Balaban J connectivity index is 0.872. The molecule has 8 rings (SSSR count). The molecule has 20 heteroatoms. The van der Waals surface area contributed by atoms with E-state index in [1.165, 1.54) is 0 Å². The fraction of sp³-hybridized carbons (Fsp3) is 0.891. The van der Waals surface area contributed by atoms with E-state index in [1.807, 2.05) is 6.92 Å². The van der Waals surface area contributed by atoms with Gasteiger partial charge in [0.15, 0.2) is 18.9 Å². The highest BCUT2D eigenvalue weighted by Crippen LogP contribution is 2.67. The van der Waals surface area contributed by atoms with Gasteiger partial charge in [0.25, 0.3) is 0 Å². The average molecular weight is 945 g/mol. The Bertz CT molecular complexity index is 1780. The number of esters is 1. The summed E-state index contributed by atoms with van der Waals surface area (Å²) in [6.07, 6.45) is -16.5. The van der Waals surface area contributed by atoms with Crippen LogP contribution in [-0.2, 0) is 38.0 Å². The Labute approximate surface area is 383 Å². The molecular formula is C46H72O20. The summed E-state index contributed by atoms with van der Waals surface area (Å²) in [6.45, 7) is 7.11. The summed E-state index contributed by atoms with van der Waals surface area (Å²) in [5, 5.41) is 125. The summed E-state index contributed by atoms with van der Waals surface area (Å²) < 4.78 is 40.1. The molecule has 0 radical (unpaired) electrons. The summed E-state index contributed by atoms with van der Waals surface area (Å²) in [5.74, 6) is 0.801. The molecule has 0 aromatic carbocycles. The number of fused-ring (bicyclic) bond motifs is 5. The molecule has 0 aromatic heterocycles. The van der Waals surface area contributed by atoms with Crippen LogP contribution in [0.4, 0.5) is 0 Å². The van der Waals surface area contributed by atoms with Crippen molar-refractivity contribution in [3.63, 3.8) is 0 Å². The topological polar surface area (TPSA) is 324 Å². The summed E-state index contributed by atoms with van der Waals surface area (Å²) in [5.41, 5.74) is 1.74. The third kappa shape index (κ3) is 8.98. The van der Waals surface area contributed by atoms with E-state index in [2.05, 4.69) is 26.8 Å². The smallest absolute Gasteiger partial charge is 0.336 e. The van der Waals surface area contributed by atoms with Crippen LogP contribution in [0.3, 0.4) is 0 Å². The van der Waals surface area contributed by atoms with Crippen LogP contribution < -0.4 is 0 Å². The van der Waals surface area contributed by atoms with Crippen molar-refractivity contribution in [1.82, 2.24) is 0 Å². The zero-order valence-electron chi connectivity index (χ0n) is 38.0. The van der Waals surface area contributed by atoms with Crippen LogP contribution in [0.5, 0.6) is 0 Å². The van der Waals surface area contributed by atoms with Gasteiger partial charge in [-0.05, 0) is 80.5 Å². The van der Waals surface area contributed by atoms with E-state index < -0.39 is 129 Å². The van der Waals surface area contributed by atoms with Crippen LogP contribution in [-0.4, -0.2) is 204 Å². The van der Waals surface area contributed by atoms with Gasteiger partial charge < -0.3 is 94.4 Å². The van der Waals surface area contributed by atoms with Crippen LogP contribution in [0, 0.1) is 40.4 Å². The molecule has 376 valence electrons. The third-order valence-electron chi connectivity index (χ3n) is 17.5. The van der Waals surface area contributed by atoms with Crippen molar-refractivity contribution in [2.24, 2.45) is 40.4 Å². The van der Waals surface area contributed by atoms with Gasteiger partial charge in [-0.3, -0.25) is 0 Å². The van der Waals surface area contributed by atoms with E-state index in [-0.39, 0.29) is 43.0 Å². The lowest BCUT2D eigenvalue weighted by atomic mass is 9.46. The maximum atomic E-state index is 13.4. The number of hydrogen-bond acceptors (Lipinski definition) is 20. The Morgan fingerprint density at radius 2 is 1.38 bits per heavy atom. The molecule has 6 fully saturated rings. The normalized spacial score (nSPS) is 51.3. The van der Waals surface area contributed by atoms with Crippen molar-refractivity contribution in [1.29, 1.82) is 0 Å². The number of carbonyl (C=O) groups excluding carboxylic acids is 1. The fourth-order valence-electron chi connectivity index (χ4n) is 13.4. The van der Waals surface area contributed by atoms with Gasteiger partial charge in [-0.15, -0.1) is 0 Å². The van der Waals surface area contributed by atoms with Gasteiger partial charge in [0.05, 0.1) is 44.2 Å². The van der Waals surface area contributed by atoms with Crippen molar-refractivity contribution in [3.05, 3.63) is 22.8 Å². The highest BCUT2D eigenvalue weighted by atomic mass is 16.7. The number of aliphatic hydroxyl groups excluding tert-OH is 12. The SMILES string of the molecule is CC1=C(COCC2OC(O)C(O)C(O)C2O)C(=O)OC(C(C)C2CCC3C4CC=C5CC(OC6OC(COC7OC(CO)C(O)C(O)C7O)C(O)C(O)C6O)CC(O)C5(C)C4CCC23C)C1. The third-order valence-corrected chi connectivity index (χ3v) is 17.5. The lowest BCUT2D eigenvalue weighted by Crippen LogP contribution is -2.62. The molecule has 0 amide bonds. The molecule has 3 saturated carbocycles. The number of aliphatic hydroxyl groups is 12. The minimum atomic E-state index is -1.70. The molecule has 25 unspecified atom stereocenters. The van der Waals surface area contributed by atoms with Gasteiger partial charge in [0.1, 0.15) is 79.4 Å². The van der Waals surface area contributed by atoms with Gasteiger partial charge in [-0.25, -0.2) is 4.79 Å². The van der Waals surface area contributed by atoms with E-state index >= 15 is 0 Å². The number of cyclic esters (lactones) is 1. The number of carbonyl (C=O) groups is 1. The monoisotopic (exact) mass is 944 g/mol. The molecule has 4 aliphatic heterocycles. The van der Waals surface area contributed by atoms with Crippen molar-refractivity contribution >= 4 is 5.97 Å². The van der Waals surface area contributed by atoms with Crippen LogP contribution >= 0.6 is 0 Å². The molecule has 4 aliphatic carbocycles. The van der Waals surface area contributed by atoms with Crippen molar-refractivity contribution in [2.45, 2.75) is 189 Å². The summed E-state index contributed by atoms with van der Waals surface area (Å²) in [4.78, 5) is 13.4. The van der Waals surface area contributed by atoms with E-state index in [4.69, 9.17) is 33.2 Å². The van der Waals surface area contributed by atoms with E-state index in [0.29, 0.717) is 36.2 Å². The lowest BCUT2D eigenvalue weighted by Gasteiger charge is -2.60. The van der Waals surface area contributed by atoms with Crippen LogP contribution in [0.25, 0.3) is 0 Å². The van der Waals surface area contributed by atoms with Gasteiger partial charge in [0.2, 0.25) is 0 Å². The second-order valence-corrected chi connectivity index (χ2v) is 20.9. The first kappa shape index (κ1) is 50.6. The molecule has 0 aromatic rings. The maximum absolute atomic E-state index is 13.4. The van der Waals surface area contributed by atoms with E-state index in [9.17, 15) is 66.1 Å². The Morgan fingerprint density at radius 1 is 0.742 bits per heavy atom. The summed E-state index contributed by atoms with van der Waals surface area (Å²) >= 11 is 0. The van der Waals surface area contributed by atoms with E-state index in [0.717, 1.165) is 43.3 Å². The number of hydrogen-bond donors (Lipinski definition) is 12. The molecule has 3 saturated heterocycles. The average Bonchev–Trinajstić information content (AvgIpc) is 3.65.